The highest BCUT2D eigenvalue weighted by Gasteiger charge is 2.11. The van der Waals surface area contributed by atoms with Gasteiger partial charge in [0.05, 0.1) is 23.1 Å². The van der Waals surface area contributed by atoms with E-state index in [2.05, 4.69) is 45.9 Å². The predicted octanol–water partition coefficient (Wildman–Crippen LogP) is 3.82. The van der Waals surface area contributed by atoms with Crippen LogP contribution in [0.15, 0.2) is 28.9 Å². The third-order valence-electron chi connectivity index (χ3n) is 3.06. The Bertz CT molecular complexity index is 549. The lowest BCUT2D eigenvalue weighted by Gasteiger charge is -2.22. The first kappa shape index (κ1) is 13.1. The van der Waals surface area contributed by atoms with Gasteiger partial charge in [-0.1, -0.05) is 29.3 Å². The van der Waals surface area contributed by atoms with E-state index < -0.39 is 0 Å². The van der Waals surface area contributed by atoms with Crippen molar-refractivity contribution in [3.8, 4) is 0 Å². The van der Waals surface area contributed by atoms with E-state index in [4.69, 9.17) is 5.73 Å². The fraction of sp³-hybridized carbons (Fsp3) is 0.357. The molecule has 0 saturated heterocycles. The molecule has 2 aromatic rings. The summed E-state index contributed by atoms with van der Waals surface area (Å²) >= 11 is 3.51. The largest absolute Gasteiger partial charge is 0.396 e. The maximum atomic E-state index is 6.09. The van der Waals surface area contributed by atoms with Gasteiger partial charge in [0.25, 0.3) is 0 Å². The van der Waals surface area contributed by atoms with Crippen molar-refractivity contribution in [2.24, 2.45) is 0 Å². The summed E-state index contributed by atoms with van der Waals surface area (Å²) in [6, 6.07) is 6.09. The molecule has 1 aromatic heterocycles. The topological polar surface area (TPSA) is 42.1 Å². The molecule has 4 heteroatoms. The molecule has 0 unspecified atom stereocenters. The van der Waals surface area contributed by atoms with Gasteiger partial charge in [-0.15, -0.1) is 0 Å². The molecule has 0 spiro atoms. The summed E-state index contributed by atoms with van der Waals surface area (Å²) in [5, 5.41) is 1.10. The van der Waals surface area contributed by atoms with Crippen LogP contribution in [-0.2, 0) is 0 Å². The molecule has 2 rings (SSSR count). The monoisotopic (exact) mass is 307 g/mol. The van der Waals surface area contributed by atoms with Gasteiger partial charge >= 0.3 is 0 Å². The first-order valence-corrected chi connectivity index (χ1v) is 6.97. The Kier molecular flexibility index (Phi) is 4.07. The third-order valence-corrected chi connectivity index (χ3v) is 3.55. The number of rotatable bonds is 4. The van der Waals surface area contributed by atoms with Crippen molar-refractivity contribution in [3.63, 3.8) is 0 Å². The standard InChI is InChI=1S/C14H18BrN3/c1-3-4-7-18(2)14-11-8-10(15)5-6-13(11)17-9-12(14)16/h5-6,8-9H,3-4,7,16H2,1-2H3. The number of benzene rings is 1. The number of nitrogens with two attached hydrogens (primary N) is 1. The Morgan fingerprint density at radius 3 is 2.89 bits per heavy atom. The second-order valence-electron chi connectivity index (χ2n) is 4.50. The molecule has 1 aromatic carbocycles. The fourth-order valence-corrected chi connectivity index (χ4v) is 2.46. The Morgan fingerprint density at radius 1 is 1.39 bits per heavy atom. The molecule has 0 atom stereocenters. The van der Waals surface area contributed by atoms with Crippen molar-refractivity contribution >= 4 is 38.2 Å². The van der Waals surface area contributed by atoms with E-state index >= 15 is 0 Å². The first-order chi connectivity index (χ1) is 8.63. The highest BCUT2D eigenvalue weighted by atomic mass is 79.9. The molecule has 0 aliphatic rings. The van der Waals surface area contributed by atoms with Gasteiger partial charge in [-0.3, -0.25) is 4.98 Å². The smallest absolute Gasteiger partial charge is 0.0745 e. The second-order valence-corrected chi connectivity index (χ2v) is 5.41. The van der Waals surface area contributed by atoms with Crippen molar-refractivity contribution in [2.75, 3.05) is 24.2 Å². The van der Waals surface area contributed by atoms with E-state index in [1.54, 1.807) is 6.20 Å². The van der Waals surface area contributed by atoms with Crippen molar-refractivity contribution in [1.82, 2.24) is 4.98 Å². The zero-order chi connectivity index (χ0) is 13.1. The van der Waals surface area contributed by atoms with Crippen LogP contribution in [0.2, 0.25) is 0 Å². The molecule has 0 saturated carbocycles. The maximum absolute atomic E-state index is 6.09. The van der Waals surface area contributed by atoms with Crippen LogP contribution >= 0.6 is 15.9 Å². The molecule has 96 valence electrons. The summed E-state index contributed by atoms with van der Waals surface area (Å²) in [6.45, 7) is 3.20. The fourth-order valence-electron chi connectivity index (χ4n) is 2.10. The summed E-state index contributed by atoms with van der Waals surface area (Å²) in [7, 11) is 2.09. The molecule has 2 N–H and O–H groups in total. The summed E-state index contributed by atoms with van der Waals surface area (Å²) in [5.41, 5.74) is 8.88. The molecule has 1 heterocycles. The normalized spacial score (nSPS) is 10.8. The molecular weight excluding hydrogens is 290 g/mol. The van der Waals surface area contributed by atoms with E-state index in [0.29, 0.717) is 0 Å². The number of aromatic nitrogens is 1. The summed E-state index contributed by atoms with van der Waals surface area (Å²) in [5.74, 6) is 0. The molecular formula is C14H18BrN3. The second kappa shape index (κ2) is 5.57. The number of halogens is 1. The molecule has 3 nitrogen and oxygen atoms in total. The van der Waals surface area contributed by atoms with Crippen molar-refractivity contribution in [1.29, 1.82) is 0 Å². The van der Waals surface area contributed by atoms with E-state index in [-0.39, 0.29) is 0 Å². The van der Waals surface area contributed by atoms with Gasteiger partial charge in [0.15, 0.2) is 0 Å². The minimum Gasteiger partial charge on any atom is -0.396 e. The lowest BCUT2D eigenvalue weighted by molar-refractivity contribution is 0.768. The van der Waals surface area contributed by atoms with Gasteiger partial charge in [0.2, 0.25) is 0 Å². The molecule has 0 fully saturated rings. The van der Waals surface area contributed by atoms with Crippen LogP contribution < -0.4 is 10.6 Å². The molecule has 18 heavy (non-hydrogen) atoms. The third kappa shape index (κ3) is 2.58. The number of pyridine rings is 1. The predicted molar refractivity (Wildman–Crippen MR) is 82.0 cm³/mol. The lowest BCUT2D eigenvalue weighted by atomic mass is 10.1. The molecule has 0 radical (unpaired) electrons. The maximum Gasteiger partial charge on any atom is 0.0745 e. The Balaban J connectivity index is 2.52. The highest BCUT2D eigenvalue weighted by Crippen LogP contribution is 2.32. The van der Waals surface area contributed by atoms with Crippen LogP contribution in [0.25, 0.3) is 10.9 Å². The van der Waals surface area contributed by atoms with Gasteiger partial charge in [0.1, 0.15) is 0 Å². The average molecular weight is 308 g/mol. The van der Waals surface area contributed by atoms with Gasteiger partial charge in [-0.2, -0.15) is 0 Å². The van der Waals surface area contributed by atoms with Crippen LogP contribution in [-0.4, -0.2) is 18.6 Å². The quantitative estimate of drug-likeness (QED) is 0.933. The van der Waals surface area contributed by atoms with E-state index in [9.17, 15) is 0 Å². The minimum atomic E-state index is 0.735. The summed E-state index contributed by atoms with van der Waals surface area (Å²) in [6.07, 6.45) is 4.08. The van der Waals surface area contributed by atoms with E-state index in [1.165, 1.54) is 6.42 Å². The Labute approximate surface area is 116 Å². The number of fused-ring (bicyclic) bond motifs is 1. The SMILES string of the molecule is CCCCN(C)c1c(N)cnc2ccc(Br)cc12. The minimum absolute atomic E-state index is 0.735. The van der Waals surface area contributed by atoms with Crippen LogP contribution in [0.3, 0.4) is 0 Å². The van der Waals surface area contributed by atoms with E-state index in [1.807, 2.05) is 12.1 Å². The summed E-state index contributed by atoms with van der Waals surface area (Å²) in [4.78, 5) is 6.59. The number of anilines is 2. The highest BCUT2D eigenvalue weighted by molar-refractivity contribution is 9.10. The van der Waals surface area contributed by atoms with Crippen molar-refractivity contribution < 1.29 is 0 Å². The van der Waals surface area contributed by atoms with Gasteiger partial charge < -0.3 is 10.6 Å². The number of unbranched alkanes of at least 4 members (excludes halogenated alkanes) is 1. The first-order valence-electron chi connectivity index (χ1n) is 6.18. The van der Waals surface area contributed by atoms with Crippen molar-refractivity contribution in [2.45, 2.75) is 19.8 Å². The number of nitrogens with zero attached hydrogens (tertiary/aromatic N) is 2. The summed E-state index contributed by atoms with van der Waals surface area (Å²) < 4.78 is 1.05. The van der Waals surface area contributed by atoms with Gasteiger partial charge in [-0.25, -0.2) is 0 Å². The van der Waals surface area contributed by atoms with Crippen molar-refractivity contribution in [3.05, 3.63) is 28.9 Å². The van der Waals surface area contributed by atoms with Gasteiger partial charge in [0, 0.05) is 23.5 Å². The average Bonchev–Trinajstić information content (AvgIpc) is 2.35. The Morgan fingerprint density at radius 2 is 2.17 bits per heavy atom. The zero-order valence-electron chi connectivity index (χ0n) is 10.8. The molecule has 0 amide bonds. The van der Waals surface area contributed by atoms with E-state index in [0.717, 1.165) is 39.7 Å². The van der Waals surface area contributed by atoms with Crippen LogP contribution in [0.1, 0.15) is 19.8 Å². The molecule has 0 aliphatic carbocycles. The zero-order valence-corrected chi connectivity index (χ0v) is 12.4. The van der Waals surface area contributed by atoms with Crippen LogP contribution in [0, 0.1) is 0 Å². The molecule has 0 aliphatic heterocycles. The lowest BCUT2D eigenvalue weighted by Crippen LogP contribution is -2.20. The molecule has 0 bridgehead atoms. The number of hydrogen-bond acceptors (Lipinski definition) is 3. The van der Waals surface area contributed by atoms with Crippen LogP contribution in [0.5, 0.6) is 0 Å². The van der Waals surface area contributed by atoms with Gasteiger partial charge in [-0.05, 0) is 24.6 Å². The van der Waals surface area contributed by atoms with Crippen LogP contribution in [0.4, 0.5) is 11.4 Å². The Hall–Kier alpha value is -1.29. The number of nitrogen functional groups attached to an aromatic ring is 1. The number of hydrogen-bond donors (Lipinski definition) is 1.